The molecule has 6 rings (SSSR count). The SMILES string of the molecule is O=C(CC1CN(S(=O)(=O)c2ccc3cc(Cl)ccc3c2)CCN1C(=O)c1ncc(-c2ccncc2)cn1)N1CCOCC1. The molecular weight excluding hydrogens is 592 g/mol. The fraction of sp³-hybridized carbons (Fsp3) is 0.300. The number of benzene rings is 2. The minimum Gasteiger partial charge on any atom is -0.378 e. The Balaban J connectivity index is 1.26. The molecule has 2 aromatic heterocycles. The van der Waals surface area contributed by atoms with E-state index in [0.29, 0.717) is 31.3 Å². The summed E-state index contributed by atoms with van der Waals surface area (Å²) >= 11 is 6.10. The van der Waals surface area contributed by atoms with Crippen molar-refractivity contribution in [3.63, 3.8) is 0 Å². The van der Waals surface area contributed by atoms with Crippen LogP contribution < -0.4 is 0 Å². The fourth-order valence-corrected chi connectivity index (χ4v) is 7.08. The molecule has 1 atom stereocenters. The van der Waals surface area contributed by atoms with Crippen LogP contribution in [0.4, 0.5) is 0 Å². The van der Waals surface area contributed by atoms with E-state index in [1.807, 2.05) is 12.1 Å². The molecule has 2 fully saturated rings. The van der Waals surface area contributed by atoms with Crippen LogP contribution in [0.5, 0.6) is 0 Å². The molecule has 43 heavy (non-hydrogen) atoms. The number of piperazine rings is 1. The highest BCUT2D eigenvalue weighted by atomic mass is 35.5. The first kappa shape index (κ1) is 29.1. The number of aromatic nitrogens is 3. The molecule has 1 unspecified atom stereocenters. The summed E-state index contributed by atoms with van der Waals surface area (Å²) in [7, 11) is -3.93. The minimum atomic E-state index is -3.93. The van der Waals surface area contributed by atoms with Crippen LogP contribution >= 0.6 is 11.6 Å². The van der Waals surface area contributed by atoms with Gasteiger partial charge in [-0.15, -0.1) is 0 Å². The van der Waals surface area contributed by atoms with E-state index in [-0.39, 0.29) is 42.7 Å². The number of halogens is 1. The Morgan fingerprint density at radius 2 is 1.58 bits per heavy atom. The van der Waals surface area contributed by atoms with E-state index in [4.69, 9.17) is 16.3 Å². The standard InChI is InChI=1S/C30H29ClN6O5S/c31-25-3-1-23-16-27(4-2-22(23)15-25)43(40,41)36-9-10-37(26(20-36)17-28(38)35-11-13-42-14-12-35)30(39)29-33-18-24(19-34-29)21-5-7-32-8-6-21/h1-8,15-16,18-19,26H,9-14,17,20H2. The molecular formula is C30H29ClN6O5S. The zero-order valence-corrected chi connectivity index (χ0v) is 24.7. The van der Waals surface area contributed by atoms with Crippen molar-refractivity contribution in [2.45, 2.75) is 17.4 Å². The minimum absolute atomic E-state index is 0.0221. The lowest BCUT2D eigenvalue weighted by molar-refractivity contribution is -0.136. The highest BCUT2D eigenvalue weighted by molar-refractivity contribution is 7.89. The monoisotopic (exact) mass is 620 g/mol. The van der Waals surface area contributed by atoms with E-state index < -0.39 is 22.0 Å². The van der Waals surface area contributed by atoms with Gasteiger partial charge in [-0.05, 0) is 52.7 Å². The first-order chi connectivity index (χ1) is 20.8. The number of sulfonamides is 1. The van der Waals surface area contributed by atoms with Gasteiger partial charge in [0.25, 0.3) is 5.91 Å². The lowest BCUT2D eigenvalue weighted by atomic mass is 10.1. The summed E-state index contributed by atoms with van der Waals surface area (Å²) in [4.78, 5) is 42.9. The highest BCUT2D eigenvalue weighted by Crippen LogP contribution is 2.27. The molecule has 0 saturated carbocycles. The summed E-state index contributed by atoms with van der Waals surface area (Å²) in [6.07, 6.45) is 6.41. The molecule has 4 heterocycles. The maximum Gasteiger partial charge on any atom is 0.292 e. The van der Waals surface area contributed by atoms with Crippen LogP contribution in [0, 0.1) is 0 Å². The van der Waals surface area contributed by atoms with E-state index in [1.165, 1.54) is 9.21 Å². The molecule has 2 aliphatic heterocycles. The zero-order valence-electron chi connectivity index (χ0n) is 23.2. The van der Waals surface area contributed by atoms with Crippen molar-refractivity contribution in [2.75, 3.05) is 45.9 Å². The second-order valence-electron chi connectivity index (χ2n) is 10.4. The summed E-state index contributed by atoms with van der Waals surface area (Å²) in [6.45, 7) is 1.86. The molecule has 4 aromatic rings. The summed E-state index contributed by atoms with van der Waals surface area (Å²) < 4.78 is 34.3. The third kappa shape index (κ3) is 6.23. The zero-order chi connectivity index (χ0) is 30.0. The van der Waals surface area contributed by atoms with Gasteiger partial charge in [-0.3, -0.25) is 14.6 Å². The summed E-state index contributed by atoms with van der Waals surface area (Å²) in [5.74, 6) is -0.645. The lowest BCUT2D eigenvalue weighted by Crippen LogP contribution is -2.58. The van der Waals surface area contributed by atoms with E-state index in [9.17, 15) is 18.0 Å². The highest BCUT2D eigenvalue weighted by Gasteiger charge is 2.39. The normalized spacial score (nSPS) is 18.1. The van der Waals surface area contributed by atoms with E-state index in [1.54, 1.807) is 66.1 Å². The molecule has 2 amide bonds. The number of fused-ring (bicyclic) bond motifs is 1. The number of nitrogens with zero attached hydrogens (tertiary/aromatic N) is 6. The maximum atomic E-state index is 13.8. The Bertz CT molecular complexity index is 1750. The second-order valence-corrected chi connectivity index (χ2v) is 12.8. The van der Waals surface area contributed by atoms with Gasteiger partial charge < -0.3 is 14.5 Å². The van der Waals surface area contributed by atoms with Crippen molar-refractivity contribution in [2.24, 2.45) is 0 Å². The lowest BCUT2D eigenvalue weighted by Gasteiger charge is -2.41. The fourth-order valence-electron chi connectivity index (χ4n) is 5.40. The average Bonchev–Trinajstić information content (AvgIpc) is 3.05. The molecule has 0 radical (unpaired) electrons. The number of pyridine rings is 1. The molecule has 0 spiro atoms. The predicted molar refractivity (Wildman–Crippen MR) is 160 cm³/mol. The average molecular weight is 621 g/mol. The van der Waals surface area contributed by atoms with Crippen molar-refractivity contribution in [3.05, 3.63) is 84.2 Å². The third-order valence-electron chi connectivity index (χ3n) is 7.75. The van der Waals surface area contributed by atoms with Crippen molar-refractivity contribution < 1.29 is 22.7 Å². The van der Waals surface area contributed by atoms with Crippen molar-refractivity contribution in [1.82, 2.24) is 29.1 Å². The van der Waals surface area contributed by atoms with Gasteiger partial charge in [-0.25, -0.2) is 18.4 Å². The molecule has 0 N–H and O–H groups in total. The molecule has 0 aliphatic carbocycles. The number of hydrogen-bond donors (Lipinski definition) is 0. The summed E-state index contributed by atoms with van der Waals surface area (Å²) in [5.41, 5.74) is 1.59. The Morgan fingerprint density at radius 3 is 2.33 bits per heavy atom. The van der Waals surface area contributed by atoms with E-state index in [2.05, 4.69) is 15.0 Å². The predicted octanol–water partition coefficient (Wildman–Crippen LogP) is 3.11. The number of amides is 2. The van der Waals surface area contributed by atoms with Gasteiger partial charge in [-0.1, -0.05) is 23.7 Å². The van der Waals surface area contributed by atoms with Gasteiger partial charge in [0, 0.05) is 74.5 Å². The number of morpholine rings is 1. The summed E-state index contributed by atoms with van der Waals surface area (Å²) in [5, 5.41) is 2.13. The van der Waals surface area contributed by atoms with Crippen LogP contribution in [0.3, 0.4) is 0 Å². The van der Waals surface area contributed by atoms with E-state index in [0.717, 1.165) is 21.9 Å². The maximum absolute atomic E-state index is 13.8. The van der Waals surface area contributed by atoms with Crippen LogP contribution in [-0.4, -0.2) is 101 Å². The van der Waals surface area contributed by atoms with Crippen LogP contribution in [-0.2, 0) is 19.6 Å². The second kappa shape index (κ2) is 12.3. The largest absolute Gasteiger partial charge is 0.378 e. The van der Waals surface area contributed by atoms with Crippen molar-refractivity contribution in [3.8, 4) is 11.1 Å². The molecule has 2 saturated heterocycles. The molecule has 13 heteroatoms. The Kier molecular flexibility index (Phi) is 8.35. The van der Waals surface area contributed by atoms with Gasteiger partial charge in [0.15, 0.2) is 0 Å². The van der Waals surface area contributed by atoms with Gasteiger partial charge in [0.1, 0.15) is 0 Å². The Morgan fingerprint density at radius 1 is 0.884 bits per heavy atom. The third-order valence-corrected chi connectivity index (χ3v) is 9.84. The van der Waals surface area contributed by atoms with Gasteiger partial charge in [-0.2, -0.15) is 4.31 Å². The number of rotatable bonds is 6. The molecule has 2 aromatic carbocycles. The topological polar surface area (TPSA) is 126 Å². The van der Waals surface area contributed by atoms with Crippen molar-refractivity contribution >= 4 is 44.2 Å². The number of hydrogen-bond acceptors (Lipinski definition) is 8. The number of carbonyl (C=O) groups excluding carboxylic acids is 2. The van der Waals surface area contributed by atoms with Crippen LogP contribution in [0.1, 0.15) is 17.0 Å². The summed E-state index contributed by atoms with van der Waals surface area (Å²) in [6, 6.07) is 13.1. The number of carbonyl (C=O) groups is 2. The van der Waals surface area contributed by atoms with Crippen LogP contribution in [0.25, 0.3) is 21.9 Å². The molecule has 11 nitrogen and oxygen atoms in total. The molecule has 0 bridgehead atoms. The molecule has 2 aliphatic rings. The first-order valence-corrected chi connectivity index (χ1v) is 15.7. The Labute approximate surface area is 254 Å². The van der Waals surface area contributed by atoms with Gasteiger partial charge in [0.2, 0.25) is 21.8 Å². The smallest absolute Gasteiger partial charge is 0.292 e. The first-order valence-electron chi connectivity index (χ1n) is 13.9. The Hall–Kier alpha value is -3.97. The van der Waals surface area contributed by atoms with E-state index >= 15 is 0 Å². The molecule has 222 valence electrons. The number of ether oxygens (including phenoxy) is 1. The van der Waals surface area contributed by atoms with Gasteiger partial charge >= 0.3 is 0 Å². The van der Waals surface area contributed by atoms with Crippen molar-refractivity contribution in [1.29, 1.82) is 0 Å². The van der Waals surface area contributed by atoms with Gasteiger partial charge in [0.05, 0.1) is 24.2 Å². The van der Waals surface area contributed by atoms with Crippen LogP contribution in [0.2, 0.25) is 5.02 Å². The quantitative estimate of drug-likeness (QED) is 0.322. The van der Waals surface area contributed by atoms with Crippen LogP contribution in [0.15, 0.2) is 78.2 Å².